The fourth-order valence-corrected chi connectivity index (χ4v) is 4.33. The van der Waals surface area contributed by atoms with E-state index in [1.807, 2.05) is 53.4 Å². The first kappa shape index (κ1) is 21.1. The van der Waals surface area contributed by atoms with Crippen molar-refractivity contribution in [2.45, 2.75) is 38.8 Å². The Morgan fingerprint density at radius 3 is 2.23 bits per heavy atom. The van der Waals surface area contributed by atoms with E-state index in [4.69, 9.17) is 0 Å². The maximum absolute atomic E-state index is 13.5. The number of anilines is 1. The second-order valence-corrected chi connectivity index (χ2v) is 8.20. The van der Waals surface area contributed by atoms with E-state index in [0.29, 0.717) is 5.75 Å². The lowest BCUT2D eigenvalue weighted by atomic mass is 9.99. The first-order valence-corrected chi connectivity index (χ1v) is 11.1. The van der Waals surface area contributed by atoms with E-state index in [0.717, 1.165) is 55.7 Å². The van der Waals surface area contributed by atoms with Gasteiger partial charge in [0.2, 0.25) is 0 Å². The number of hydrogen-bond donors (Lipinski definition) is 1. The molecule has 1 saturated heterocycles. The number of carbonyl (C=O) groups excluding carboxylic acids is 1. The third-order valence-corrected chi connectivity index (χ3v) is 6.17. The zero-order chi connectivity index (χ0) is 21.6. The van der Waals surface area contributed by atoms with Gasteiger partial charge in [-0.25, -0.2) is 0 Å². The monoisotopic (exact) mass is 414 g/mol. The van der Waals surface area contributed by atoms with Crippen LogP contribution >= 0.6 is 0 Å². The van der Waals surface area contributed by atoms with Crippen LogP contribution in [0.25, 0.3) is 0 Å². The van der Waals surface area contributed by atoms with Crippen LogP contribution in [-0.2, 0) is 13.0 Å². The summed E-state index contributed by atoms with van der Waals surface area (Å²) in [5.41, 5.74) is 3.91. The number of piperidine rings is 1. The van der Waals surface area contributed by atoms with Gasteiger partial charge in [0.15, 0.2) is 0 Å². The van der Waals surface area contributed by atoms with E-state index in [1.54, 1.807) is 6.07 Å². The van der Waals surface area contributed by atoms with Crippen LogP contribution < -0.4 is 4.90 Å². The molecule has 0 atom stereocenters. The Bertz CT molecular complexity index is 993. The molecule has 31 heavy (non-hydrogen) atoms. The molecule has 0 spiro atoms. The number of phenolic OH excluding ortho intramolecular Hbond substituents is 1. The number of amides is 1. The standard InChI is InChI=1S/C27H30N2O2/c1-2-21-12-14-24(15-13-21)29(27(31)22-8-4-3-5-9-22)25-16-18-28(19-17-25)20-23-10-6-7-11-26(23)30/h3-15,25,30H,2,16-20H2,1H3. The van der Waals surface area contributed by atoms with Crippen molar-refractivity contribution in [1.29, 1.82) is 0 Å². The number of phenols is 1. The van der Waals surface area contributed by atoms with Gasteiger partial charge < -0.3 is 10.0 Å². The minimum atomic E-state index is 0.0593. The van der Waals surface area contributed by atoms with Crippen LogP contribution in [0.3, 0.4) is 0 Å². The van der Waals surface area contributed by atoms with Gasteiger partial charge in [-0.15, -0.1) is 0 Å². The number of hydrogen-bond acceptors (Lipinski definition) is 3. The Morgan fingerprint density at radius 1 is 0.935 bits per heavy atom. The van der Waals surface area contributed by atoms with Gasteiger partial charge in [-0.1, -0.05) is 55.5 Å². The topological polar surface area (TPSA) is 43.8 Å². The molecule has 4 nitrogen and oxygen atoms in total. The van der Waals surface area contributed by atoms with Crippen molar-refractivity contribution in [3.8, 4) is 5.75 Å². The van der Waals surface area contributed by atoms with Crippen molar-refractivity contribution in [3.63, 3.8) is 0 Å². The summed E-state index contributed by atoms with van der Waals surface area (Å²) >= 11 is 0. The van der Waals surface area contributed by atoms with Crippen molar-refractivity contribution in [3.05, 3.63) is 95.6 Å². The van der Waals surface area contributed by atoms with Gasteiger partial charge >= 0.3 is 0 Å². The van der Waals surface area contributed by atoms with Crippen LogP contribution in [0, 0.1) is 0 Å². The number of rotatable bonds is 6. The first-order valence-electron chi connectivity index (χ1n) is 11.1. The maximum atomic E-state index is 13.5. The Kier molecular flexibility index (Phi) is 6.68. The molecule has 160 valence electrons. The third kappa shape index (κ3) is 4.97. The van der Waals surface area contributed by atoms with E-state index in [9.17, 15) is 9.90 Å². The molecule has 4 rings (SSSR count). The fraction of sp³-hybridized carbons (Fsp3) is 0.296. The molecular weight excluding hydrogens is 384 g/mol. The quantitative estimate of drug-likeness (QED) is 0.598. The molecular formula is C27H30N2O2. The second-order valence-electron chi connectivity index (χ2n) is 8.20. The molecule has 1 fully saturated rings. The summed E-state index contributed by atoms with van der Waals surface area (Å²) < 4.78 is 0. The van der Waals surface area contributed by atoms with Crippen LogP contribution in [0.1, 0.15) is 41.3 Å². The highest BCUT2D eigenvalue weighted by Crippen LogP contribution is 2.28. The molecule has 3 aromatic carbocycles. The number of benzene rings is 3. The molecule has 4 heteroatoms. The van der Waals surface area contributed by atoms with Gasteiger partial charge in [0.05, 0.1) is 0 Å². The highest BCUT2D eigenvalue weighted by Gasteiger charge is 2.30. The predicted molar refractivity (Wildman–Crippen MR) is 125 cm³/mol. The number of carbonyl (C=O) groups is 1. The number of likely N-dealkylation sites (tertiary alicyclic amines) is 1. The smallest absolute Gasteiger partial charge is 0.258 e. The highest BCUT2D eigenvalue weighted by atomic mass is 16.3. The Morgan fingerprint density at radius 2 is 1.58 bits per heavy atom. The van der Waals surface area contributed by atoms with Crippen LogP contribution in [0.5, 0.6) is 5.75 Å². The lowest BCUT2D eigenvalue weighted by molar-refractivity contribution is 0.0958. The van der Waals surface area contributed by atoms with Crippen molar-refractivity contribution in [2.24, 2.45) is 0 Å². The first-order chi connectivity index (χ1) is 15.2. The van der Waals surface area contributed by atoms with E-state index in [2.05, 4.69) is 36.1 Å². The molecule has 1 amide bonds. The molecule has 1 heterocycles. The zero-order valence-corrected chi connectivity index (χ0v) is 18.1. The van der Waals surface area contributed by atoms with Gasteiger partial charge in [-0.3, -0.25) is 9.69 Å². The molecule has 0 saturated carbocycles. The molecule has 1 aliphatic rings. The van der Waals surface area contributed by atoms with Crippen LogP contribution in [-0.4, -0.2) is 35.0 Å². The molecule has 1 aliphatic heterocycles. The van der Waals surface area contributed by atoms with E-state index in [-0.39, 0.29) is 11.9 Å². The largest absolute Gasteiger partial charge is 0.508 e. The number of aromatic hydroxyl groups is 1. The SMILES string of the molecule is CCc1ccc(N(C(=O)c2ccccc2)C2CCN(Cc3ccccc3O)CC2)cc1. The third-order valence-electron chi connectivity index (χ3n) is 6.17. The average molecular weight is 415 g/mol. The van der Waals surface area contributed by atoms with Gasteiger partial charge in [0.1, 0.15) is 5.75 Å². The van der Waals surface area contributed by atoms with Gasteiger partial charge in [0.25, 0.3) is 5.91 Å². The molecule has 1 N–H and O–H groups in total. The predicted octanol–water partition coefficient (Wildman–Crippen LogP) is 5.27. The van der Waals surface area contributed by atoms with E-state index < -0.39 is 0 Å². The van der Waals surface area contributed by atoms with E-state index >= 15 is 0 Å². The average Bonchev–Trinajstić information content (AvgIpc) is 2.83. The second kappa shape index (κ2) is 9.80. The number of nitrogens with zero attached hydrogens (tertiary/aromatic N) is 2. The van der Waals surface area contributed by atoms with Crippen LogP contribution in [0.15, 0.2) is 78.9 Å². The Hall–Kier alpha value is -3.11. The summed E-state index contributed by atoms with van der Waals surface area (Å²) in [5.74, 6) is 0.408. The van der Waals surface area contributed by atoms with Gasteiger partial charge in [-0.2, -0.15) is 0 Å². The normalized spacial score (nSPS) is 15.0. The summed E-state index contributed by atoms with van der Waals surface area (Å²) in [6.45, 7) is 4.66. The summed E-state index contributed by atoms with van der Waals surface area (Å²) in [6, 6.07) is 25.6. The summed E-state index contributed by atoms with van der Waals surface area (Å²) in [4.78, 5) is 17.8. The molecule has 3 aromatic rings. The van der Waals surface area contributed by atoms with Crippen LogP contribution in [0.4, 0.5) is 5.69 Å². The minimum Gasteiger partial charge on any atom is -0.508 e. The van der Waals surface area contributed by atoms with Crippen LogP contribution in [0.2, 0.25) is 0 Å². The summed E-state index contributed by atoms with van der Waals surface area (Å²) in [5, 5.41) is 10.1. The van der Waals surface area contributed by atoms with Gasteiger partial charge in [-0.05, 0) is 55.2 Å². The van der Waals surface area contributed by atoms with Gasteiger partial charge in [0, 0.05) is 42.5 Å². The summed E-state index contributed by atoms with van der Waals surface area (Å²) in [7, 11) is 0. The van der Waals surface area contributed by atoms with Crippen molar-refractivity contribution in [1.82, 2.24) is 4.90 Å². The lowest BCUT2D eigenvalue weighted by Crippen LogP contribution is -2.47. The molecule has 0 radical (unpaired) electrons. The molecule has 0 aliphatic carbocycles. The number of para-hydroxylation sites is 1. The van der Waals surface area contributed by atoms with E-state index in [1.165, 1.54) is 5.56 Å². The number of aryl methyl sites for hydroxylation is 1. The molecule has 0 aromatic heterocycles. The summed E-state index contributed by atoms with van der Waals surface area (Å²) in [6.07, 6.45) is 2.79. The fourth-order valence-electron chi connectivity index (χ4n) is 4.33. The maximum Gasteiger partial charge on any atom is 0.258 e. The Labute approximate surface area is 184 Å². The zero-order valence-electron chi connectivity index (χ0n) is 18.1. The van der Waals surface area contributed by atoms with Crippen molar-refractivity contribution in [2.75, 3.05) is 18.0 Å². The van der Waals surface area contributed by atoms with Crippen molar-refractivity contribution < 1.29 is 9.90 Å². The lowest BCUT2D eigenvalue weighted by Gasteiger charge is -2.39. The minimum absolute atomic E-state index is 0.0593. The molecule has 0 bridgehead atoms. The molecule has 0 unspecified atom stereocenters. The Balaban J connectivity index is 1.52. The van der Waals surface area contributed by atoms with Crippen molar-refractivity contribution >= 4 is 11.6 Å². The highest BCUT2D eigenvalue weighted by molar-refractivity contribution is 6.06.